The molecular weight excluding hydrogens is 264 g/mol. The summed E-state index contributed by atoms with van der Waals surface area (Å²) in [5, 5.41) is 3.92. The molecule has 1 saturated heterocycles. The van der Waals surface area contributed by atoms with Gasteiger partial charge < -0.3 is 4.90 Å². The minimum absolute atomic E-state index is 0.0347. The molecule has 1 amide bonds. The van der Waals surface area contributed by atoms with Crippen LogP contribution in [0.2, 0.25) is 0 Å². The molecule has 0 atom stereocenters. The summed E-state index contributed by atoms with van der Waals surface area (Å²) in [4.78, 5) is 16.2. The van der Waals surface area contributed by atoms with Gasteiger partial charge in [0.25, 0.3) is 0 Å². The van der Waals surface area contributed by atoms with E-state index in [0.717, 1.165) is 32.5 Å². The normalized spacial score (nSPS) is 17.0. The van der Waals surface area contributed by atoms with Gasteiger partial charge >= 0.3 is 0 Å². The molecule has 1 aliphatic heterocycles. The molecule has 1 N–H and O–H groups in total. The predicted molar refractivity (Wildman–Crippen MR) is 84.8 cm³/mol. The Morgan fingerprint density at radius 3 is 2.62 bits per heavy atom. The van der Waals surface area contributed by atoms with Gasteiger partial charge in [-0.3, -0.25) is 9.69 Å². The second-order valence-corrected chi connectivity index (χ2v) is 5.72. The lowest BCUT2D eigenvalue weighted by molar-refractivity contribution is -0.126. The summed E-state index contributed by atoms with van der Waals surface area (Å²) in [6, 6.07) is 10.5. The molecule has 1 aromatic carbocycles. The fourth-order valence-electron chi connectivity index (χ4n) is 2.49. The highest BCUT2D eigenvalue weighted by Gasteiger charge is 2.24. The van der Waals surface area contributed by atoms with Crippen LogP contribution < -0.4 is 5.43 Å². The average molecular weight is 288 g/mol. The van der Waals surface area contributed by atoms with Crippen LogP contribution in [0.5, 0.6) is 0 Å². The van der Waals surface area contributed by atoms with Gasteiger partial charge in [0, 0.05) is 26.6 Å². The fraction of sp³-hybridized carbons (Fsp3) is 0.500. The van der Waals surface area contributed by atoms with Crippen LogP contribution in [0.3, 0.4) is 0 Å². The largest absolute Gasteiger partial charge is 0.367 e. The highest BCUT2D eigenvalue weighted by Crippen LogP contribution is 2.19. The number of nitrogens with zero attached hydrogens (tertiary/aromatic N) is 3. The number of hydrazone groups is 1. The van der Waals surface area contributed by atoms with Crippen molar-refractivity contribution in [3.05, 3.63) is 35.9 Å². The summed E-state index contributed by atoms with van der Waals surface area (Å²) in [7, 11) is 3.75. The smallest absolute Gasteiger partial charge is 0.243 e. The molecule has 0 saturated carbocycles. The molecule has 0 radical (unpaired) electrons. The molecule has 1 fully saturated rings. The van der Waals surface area contributed by atoms with Gasteiger partial charge in [0.1, 0.15) is 6.34 Å². The number of carbonyl (C=O) groups excluding carboxylic acids is 1. The standard InChI is InChI=1S/C16H24N4O/c1-19(2)13-17-18-16(21)15-8-10-20(11-9-15)12-14-6-4-3-5-7-14/h3-7,13,15H,8-12H2,1-2H3,(H,18,21)/b17-13-. The van der Waals surface area contributed by atoms with Crippen molar-refractivity contribution in [2.75, 3.05) is 27.2 Å². The minimum Gasteiger partial charge on any atom is -0.367 e. The van der Waals surface area contributed by atoms with Crippen molar-refractivity contribution >= 4 is 12.2 Å². The quantitative estimate of drug-likeness (QED) is 0.508. The molecule has 21 heavy (non-hydrogen) atoms. The first-order valence-corrected chi connectivity index (χ1v) is 7.41. The first kappa shape index (κ1) is 15.5. The topological polar surface area (TPSA) is 47.9 Å². The summed E-state index contributed by atoms with van der Waals surface area (Å²) in [6.45, 7) is 2.89. The zero-order chi connectivity index (χ0) is 15.1. The van der Waals surface area contributed by atoms with Gasteiger partial charge in [-0.05, 0) is 31.5 Å². The third-order valence-electron chi connectivity index (χ3n) is 3.67. The molecule has 0 spiro atoms. The molecule has 1 heterocycles. The zero-order valence-corrected chi connectivity index (χ0v) is 12.8. The van der Waals surface area contributed by atoms with Crippen molar-refractivity contribution in [2.45, 2.75) is 19.4 Å². The minimum atomic E-state index is 0.0347. The molecule has 1 aromatic rings. The summed E-state index contributed by atoms with van der Waals surface area (Å²) in [6.07, 6.45) is 3.40. The van der Waals surface area contributed by atoms with Gasteiger partial charge in [-0.25, -0.2) is 5.43 Å². The molecule has 0 unspecified atom stereocenters. The van der Waals surface area contributed by atoms with E-state index in [0.29, 0.717) is 0 Å². The lowest BCUT2D eigenvalue weighted by atomic mass is 9.96. The Morgan fingerprint density at radius 2 is 2.00 bits per heavy atom. The molecule has 0 aliphatic carbocycles. The first-order chi connectivity index (χ1) is 10.1. The Labute approximate surface area is 126 Å². The highest BCUT2D eigenvalue weighted by molar-refractivity contribution is 5.79. The SMILES string of the molecule is CN(C)/C=N\NC(=O)C1CCN(Cc2ccccc2)CC1. The number of piperidine rings is 1. The molecule has 1 aliphatic rings. The monoisotopic (exact) mass is 288 g/mol. The fourth-order valence-corrected chi connectivity index (χ4v) is 2.49. The van der Waals surface area contributed by atoms with Gasteiger partial charge in [-0.1, -0.05) is 30.3 Å². The number of benzene rings is 1. The van der Waals surface area contributed by atoms with E-state index in [9.17, 15) is 4.79 Å². The van der Waals surface area contributed by atoms with E-state index in [-0.39, 0.29) is 11.8 Å². The highest BCUT2D eigenvalue weighted by atomic mass is 16.2. The van der Waals surface area contributed by atoms with Gasteiger partial charge in [0.05, 0.1) is 0 Å². The molecule has 0 bridgehead atoms. The van der Waals surface area contributed by atoms with E-state index in [1.807, 2.05) is 20.2 Å². The van der Waals surface area contributed by atoms with Crippen LogP contribution in [0.4, 0.5) is 0 Å². The van der Waals surface area contributed by atoms with E-state index in [1.165, 1.54) is 5.56 Å². The second-order valence-electron chi connectivity index (χ2n) is 5.72. The number of carbonyl (C=O) groups is 1. The molecule has 114 valence electrons. The van der Waals surface area contributed by atoms with Crippen LogP contribution in [0.1, 0.15) is 18.4 Å². The first-order valence-electron chi connectivity index (χ1n) is 7.41. The van der Waals surface area contributed by atoms with Crippen molar-refractivity contribution < 1.29 is 4.79 Å². The van der Waals surface area contributed by atoms with Crippen LogP contribution in [-0.4, -0.2) is 49.2 Å². The number of hydrogen-bond acceptors (Lipinski definition) is 3. The van der Waals surface area contributed by atoms with Gasteiger partial charge in [-0.2, -0.15) is 5.10 Å². The Balaban J connectivity index is 1.74. The van der Waals surface area contributed by atoms with Crippen molar-refractivity contribution in [3.63, 3.8) is 0 Å². The van der Waals surface area contributed by atoms with Gasteiger partial charge in [-0.15, -0.1) is 0 Å². The van der Waals surface area contributed by atoms with Crippen LogP contribution in [0, 0.1) is 5.92 Å². The van der Waals surface area contributed by atoms with E-state index in [4.69, 9.17) is 0 Å². The van der Waals surface area contributed by atoms with Crippen LogP contribution >= 0.6 is 0 Å². The predicted octanol–water partition coefficient (Wildman–Crippen LogP) is 1.52. The maximum Gasteiger partial charge on any atom is 0.243 e. The molecule has 0 aromatic heterocycles. The lowest BCUT2D eigenvalue weighted by Crippen LogP contribution is -2.39. The summed E-state index contributed by atoms with van der Waals surface area (Å²) >= 11 is 0. The second kappa shape index (κ2) is 7.78. The number of likely N-dealkylation sites (tertiary alicyclic amines) is 1. The number of hydrogen-bond donors (Lipinski definition) is 1. The molecule has 2 rings (SSSR count). The number of rotatable bonds is 5. The van der Waals surface area contributed by atoms with Crippen molar-refractivity contribution in [2.24, 2.45) is 11.0 Å². The third-order valence-corrected chi connectivity index (χ3v) is 3.67. The van der Waals surface area contributed by atoms with E-state index in [1.54, 1.807) is 11.2 Å². The summed E-state index contributed by atoms with van der Waals surface area (Å²) in [5.41, 5.74) is 3.95. The van der Waals surface area contributed by atoms with Crippen molar-refractivity contribution in [3.8, 4) is 0 Å². The Morgan fingerprint density at radius 1 is 1.33 bits per heavy atom. The Kier molecular flexibility index (Phi) is 5.75. The van der Waals surface area contributed by atoms with Crippen molar-refractivity contribution in [1.29, 1.82) is 0 Å². The van der Waals surface area contributed by atoms with Crippen LogP contribution in [0.25, 0.3) is 0 Å². The average Bonchev–Trinajstić information content (AvgIpc) is 2.48. The molecule has 5 nitrogen and oxygen atoms in total. The van der Waals surface area contributed by atoms with Gasteiger partial charge in [0.2, 0.25) is 5.91 Å². The molecule has 5 heteroatoms. The van der Waals surface area contributed by atoms with Crippen molar-refractivity contribution in [1.82, 2.24) is 15.2 Å². The maximum atomic E-state index is 12.0. The lowest BCUT2D eigenvalue weighted by Gasteiger charge is -2.30. The van der Waals surface area contributed by atoms with E-state index >= 15 is 0 Å². The summed E-state index contributed by atoms with van der Waals surface area (Å²) < 4.78 is 0. The summed E-state index contributed by atoms with van der Waals surface area (Å²) in [5.74, 6) is 0.115. The van der Waals surface area contributed by atoms with E-state index < -0.39 is 0 Å². The third kappa shape index (κ3) is 5.19. The Bertz CT molecular complexity index is 464. The number of nitrogens with one attached hydrogen (secondary N) is 1. The van der Waals surface area contributed by atoms with Gasteiger partial charge in [0.15, 0.2) is 0 Å². The van der Waals surface area contributed by atoms with E-state index in [2.05, 4.69) is 39.7 Å². The van der Waals surface area contributed by atoms with Crippen LogP contribution in [-0.2, 0) is 11.3 Å². The zero-order valence-electron chi connectivity index (χ0n) is 12.8. The number of amides is 1. The maximum absolute atomic E-state index is 12.0. The van der Waals surface area contributed by atoms with Crippen LogP contribution in [0.15, 0.2) is 35.4 Å². The molecular formula is C16H24N4O. The Hall–Kier alpha value is -1.88.